The van der Waals surface area contributed by atoms with Gasteiger partial charge in [0.2, 0.25) is 0 Å². The molecular formula is C28H26N2O3. The van der Waals surface area contributed by atoms with Crippen LogP contribution in [0.1, 0.15) is 29.2 Å². The van der Waals surface area contributed by atoms with Gasteiger partial charge < -0.3 is 9.64 Å². The van der Waals surface area contributed by atoms with Crippen LogP contribution in [0.2, 0.25) is 0 Å². The predicted molar refractivity (Wildman–Crippen MR) is 129 cm³/mol. The van der Waals surface area contributed by atoms with Crippen molar-refractivity contribution in [1.29, 1.82) is 0 Å². The molecule has 0 aromatic heterocycles. The van der Waals surface area contributed by atoms with Crippen LogP contribution in [0, 0.1) is 6.92 Å². The number of hydrogen-bond acceptors (Lipinski definition) is 4. The molecule has 0 aliphatic carbocycles. The van der Waals surface area contributed by atoms with E-state index in [4.69, 9.17) is 4.74 Å². The minimum absolute atomic E-state index is 0.271. The number of benzene rings is 3. The van der Waals surface area contributed by atoms with Crippen LogP contribution in [0.3, 0.4) is 0 Å². The fourth-order valence-corrected chi connectivity index (χ4v) is 4.57. The highest BCUT2D eigenvalue weighted by Gasteiger charge is 2.43. The summed E-state index contributed by atoms with van der Waals surface area (Å²) in [6, 6.07) is 23.2. The summed E-state index contributed by atoms with van der Waals surface area (Å²) < 4.78 is 5.57. The minimum atomic E-state index is -0.290. The van der Waals surface area contributed by atoms with Gasteiger partial charge >= 0.3 is 0 Å². The molecule has 166 valence electrons. The zero-order chi connectivity index (χ0) is 22.9. The predicted octanol–water partition coefficient (Wildman–Crippen LogP) is 4.74. The molecule has 5 rings (SSSR count). The standard InChI is InChI=1S/C28H26N2O3/c1-3-33-24-14-10-21(11-15-24)25-26(29-17-16-20-6-4-5-7-22(20)18-29)28(32)30(27(25)31)23-12-8-19(2)9-13-23/h4-15H,3,16-18H2,1-2H3. The molecule has 2 heterocycles. The maximum atomic E-state index is 13.7. The first-order valence-electron chi connectivity index (χ1n) is 11.3. The third-order valence-electron chi connectivity index (χ3n) is 6.25. The van der Waals surface area contributed by atoms with Gasteiger partial charge in [-0.2, -0.15) is 0 Å². The van der Waals surface area contributed by atoms with E-state index in [2.05, 4.69) is 17.0 Å². The molecule has 2 aliphatic rings. The SMILES string of the molecule is CCOc1ccc(C2=C(N3CCc4ccccc4C3)C(=O)N(c3ccc(C)cc3)C2=O)cc1. The maximum Gasteiger partial charge on any atom is 0.282 e. The van der Waals surface area contributed by atoms with Crippen LogP contribution in [-0.2, 0) is 22.6 Å². The second-order valence-corrected chi connectivity index (χ2v) is 8.40. The van der Waals surface area contributed by atoms with Gasteiger partial charge in [0.25, 0.3) is 11.8 Å². The fourth-order valence-electron chi connectivity index (χ4n) is 4.57. The number of rotatable bonds is 5. The lowest BCUT2D eigenvalue weighted by molar-refractivity contribution is -0.120. The average molecular weight is 439 g/mol. The summed E-state index contributed by atoms with van der Waals surface area (Å²) in [7, 11) is 0. The summed E-state index contributed by atoms with van der Waals surface area (Å²) in [4.78, 5) is 30.8. The van der Waals surface area contributed by atoms with Crippen molar-refractivity contribution in [2.75, 3.05) is 18.1 Å². The number of amides is 2. The molecule has 0 unspecified atom stereocenters. The van der Waals surface area contributed by atoms with Crippen molar-refractivity contribution in [2.24, 2.45) is 0 Å². The number of carbonyl (C=O) groups excluding carboxylic acids is 2. The summed E-state index contributed by atoms with van der Waals surface area (Å²) in [5.41, 5.74) is 5.79. The molecule has 0 spiro atoms. The van der Waals surface area contributed by atoms with Crippen LogP contribution in [0.15, 0.2) is 78.5 Å². The van der Waals surface area contributed by atoms with Crippen molar-refractivity contribution in [3.8, 4) is 5.75 Å². The third kappa shape index (κ3) is 3.80. The normalized spacial score (nSPS) is 15.8. The Labute approximate surface area is 193 Å². The highest BCUT2D eigenvalue weighted by Crippen LogP contribution is 2.37. The molecule has 0 saturated carbocycles. The maximum absolute atomic E-state index is 13.7. The Bertz CT molecular complexity index is 1240. The largest absolute Gasteiger partial charge is 0.494 e. The van der Waals surface area contributed by atoms with Gasteiger partial charge in [0, 0.05) is 13.1 Å². The zero-order valence-electron chi connectivity index (χ0n) is 18.9. The van der Waals surface area contributed by atoms with E-state index in [1.807, 2.05) is 74.5 Å². The average Bonchev–Trinajstić information content (AvgIpc) is 3.10. The first-order chi connectivity index (χ1) is 16.1. The van der Waals surface area contributed by atoms with Crippen LogP contribution in [-0.4, -0.2) is 29.9 Å². The Kier molecular flexibility index (Phi) is 5.47. The molecule has 5 nitrogen and oxygen atoms in total. The molecule has 0 bridgehead atoms. The smallest absolute Gasteiger partial charge is 0.282 e. The molecule has 2 aliphatic heterocycles. The van der Waals surface area contributed by atoms with E-state index in [0.29, 0.717) is 36.7 Å². The van der Waals surface area contributed by atoms with Crippen LogP contribution < -0.4 is 9.64 Å². The summed E-state index contributed by atoms with van der Waals surface area (Å²) in [5, 5.41) is 0. The van der Waals surface area contributed by atoms with Crippen molar-refractivity contribution in [3.05, 3.63) is 101 Å². The van der Waals surface area contributed by atoms with E-state index >= 15 is 0 Å². The zero-order valence-corrected chi connectivity index (χ0v) is 18.9. The molecule has 5 heteroatoms. The van der Waals surface area contributed by atoms with Crippen molar-refractivity contribution < 1.29 is 14.3 Å². The molecule has 0 radical (unpaired) electrons. The number of anilines is 1. The third-order valence-corrected chi connectivity index (χ3v) is 6.25. The molecule has 3 aromatic rings. The number of carbonyl (C=O) groups is 2. The Morgan fingerprint density at radius 2 is 1.55 bits per heavy atom. The minimum Gasteiger partial charge on any atom is -0.494 e. The number of hydrogen-bond donors (Lipinski definition) is 0. The van der Waals surface area contributed by atoms with Gasteiger partial charge in [-0.25, -0.2) is 4.90 Å². The highest BCUT2D eigenvalue weighted by molar-refractivity contribution is 6.45. The number of fused-ring (bicyclic) bond motifs is 1. The van der Waals surface area contributed by atoms with E-state index in [0.717, 1.165) is 23.3 Å². The monoisotopic (exact) mass is 438 g/mol. The highest BCUT2D eigenvalue weighted by atomic mass is 16.5. The van der Waals surface area contributed by atoms with Crippen LogP contribution in [0.25, 0.3) is 5.57 Å². The van der Waals surface area contributed by atoms with Crippen LogP contribution in [0.4, 0.5) is 5.69 Å². The van der Waals surface area contributed by atoms with E-state index in [1.54, 1.807) is 0 Å². The molecule has 33 heavy (non-hydrogen) atoms. The molecular weight excluding hydrogens is 412 g/mol. The lowest BCUT2D eigenvalue weighted by Gasteiger charge is -2.31. The van der Waals surface area contributed by atoms with Crippen LogP contribution >= 0.6 is 0 Å². The second kappa shape index (κ2) is 8.58. The molecule has 0 atom stereocenters. The molecule has 0 fully saturated rings. The van der Waals surface area contributed by atoms with Gasteiger partial charge in [-0.05, 0) is 61.2 Å². The first-order valence-corrected chi connectivity index (χ1v) is 11.3. The van der Waals surface area contributed by atoms with Gasteiger partial charge in [0.1, 0.15) is 11.4 Å². The number of nitrogens with zero attached hydrogens (tertiary/aromatic N) is 2. The first kappa shape index (κ1) is 21.0. The van der Waals surface area contributed by atoms with Gasteiger partial charge in [-0.1, -0.05) is 54.1 Å². The van der Waals surface area contributed by atoms with Crippen LogP contribution in [0.5, 0.6) is 5.75 Å². The number of imide groups is 1. The Hall–Kier alpha value is -3.86. The van der Waals surface area contributed by atoms with E-state index < -0.39 is 0 Å². The van der Waals surface area contributed by atoms with E-state index in [1.165, 1.54) is 16.0 Å². The Morgan fingerprint density at radius 3 is 2.24 bits per heavy atom. The summed E-state index contributed by atoms with van der Waals surface area (Å²) in [5.74, 6) is 0.177. The van der Waals surface area contributed by atoms with Gasteiger partial charge in [0.05, 0.1) is 17.9 Å². The number of ether oxygens (including phenoxy) is 1. The summed E-state index contributed by atoms with van der Waals surface area (Å²) in [6.45, 7) is 5.78. The van der Waals surface area contributed by atoms with Crippen molar-refractivity contribution in [2.45, 2.75) is 26.8 Å². The lowest BCUT2D eigenvalue weighted by atomic mass is 9.98. The van der Waals surface area contributed by atoms with Gasteiger partial charge in [0.15, 0.2) is 0 Å². The summed E-state index contributed by atoms with van der Waals surface area (Å²) >= 11 is 0. The van der Waals surface area contributed by atoms with Gasteiger partial charge in [-0.3, -0.25) is 9.59 Å². The topological polar surface area (TPSA) is 49.9 Å². The molecule has 2 amide bonds. The Balaban J connectivity index is 1.59. The van der Waals surface area contributed by atoms with Crippen molar-refractivity contribution in [3.63, 3.8) is 0 Å². The fraction of sp³-hybridized carbons (Fsp3) is 0.214. The lowest BCUT2D eigenvalue weighted by Crippen LogP contribution is -2.37. The molecule has 0 N–H and O–H groups in total. The van der Waals surface area contributed by atoms with E-state index in [9.17, 15) is 9.59 Å². The quantitative estimate of drug-likeness (QED) is 0.540. The molecule has 0 saturated heterocycles. The Morgan fingerprint density at radius 1 is 0.848 bits per heavy atom. The van der Waals surface area contributed by atoms with Crippen molar-refractivity contribution in [1.82, 2.24) is 4.90 Å². The number of aryl methyl sites for hydroxylation is 1. The second-order valence-electron chi connectivity index (χ2n) is 8.40. The van der Waals surface area contributed by atoms with Crippen molar-refractivity contribution >= 4 is 23.1 Å². The molecule has 3 aromatic carbocycles. The van der Waals surface area contributed by atoms with E-state index in [-0.39, 0.29) is 11.8 Å². The van der Waals surface area contributed by atoms with Gasteiger partial charge in [-0.15, -0.1) is 0 Å². The summed E-state index contributed by atoms with van der Waals surface area (Å²) in [6.07, 6.45) is 0.836.